The topological polar surface area (TPSA) is 49.7 Å². The lowest BCUT2D eigenvalue weighted by Crippen LogP contribution is -2.18. The first-order valence-electron chi connectivity index (χ1n) is 5.19. The van der Waals surface area contributed by atoms with Gasteiger partial charge in [0.25, 0.3) is 0 Å². The van der Waals surface area contributed by atoms with Crippen LogP contribution in [0.3, 0.4) is 0 Å². The number of rotatable bonds is 6. The van der Waals surface area contributed by atoms with Crippen LogP contribution < -0.4 is 0 Å². The number of hydrogen-bond donors (Lipinski definition) is 2. The molecule has 1 aromatic rings. The van der Waals surface area contributed by atoms with E-state index in [1.807, 2.05) is 12.1 Å². The lowest BCUT2D eigenvalue weighted by Gasteiger charge is -2.17. The van der Waals surface area contributed by atoms with Crippen molar-refractivity contribution in [1.82, 2.24) is 0 Å². The van der Waals surface area contributed by atoms with Gasteiger partial charge in [0.15, 0.2) is 0 Å². The molecule has 2 N–H and O–H groups in total. The summed E-state index contributed by atoms with van der Waals surface area (Å²) in [5.74, 6) is 0.333. The first-order valence-corrected chi connectivity index (χ1v) is 5.72. The van der Waals surface area contributed by atoms with Crippen molar-refractivity contribution >= 4 is 11.6 Å². The summed E-state index contributed by atoms with van der Waals surface area (Å²) < 4.78 is 4.98. The van der Waals surface area contributed by atoms with Crippen LogP contribution in [0.4, 0.5) is 0 Å². The van der Waals surface area contributed by atoms with E-state index in [0.29, 0.717) is 24.5 Å². The van der Waals surface area contributed by atoms with Gasteiger partial charge in [-0.2, -0.15) is 0 Å². The Bertz CT molecular complexity index is 300. The fourth-order valence-corrected chi connectivity index (χ4v) is 1.69. The van der Waals surface area contributed by atoms with Crippen LogP contribution in [-0.2, 0) is 11.3 Å². The van der Waals surface area contributed by atoms with Gasteiger partial charge in [0.1, 0.15) is 6.10 Å². The van der Waals surface area contributed by atoms with E-state index in [9.17, 15) is 10.2 Å². The lowest BCUT2D eigenvalue weighted by molar-refractivity contribution is 0.0170. The molecule has 2 unspecified atom stereocenters. The monoisotopic (exact) mass is 244 g/mol. The predicted molar refractivity (Wildman–Crippen MR) is 63.5 cm³/mol. The Morgan fingerprint density at radius 1 is 1.25 bits per heavy atom. The van der Waals surface area contributed by atoms with Crippen molar-refractivity contribution in [2.45, 2.75) is 25.2 Å². The Kier molecular flexibility index (Phi) is 5.77. The molecule has 4 heteroatoms. The van der Waals surface area contributed by atoms with Crippen molar-refractivity contribution in [3.63, 3.8) is 0 Å². The summed E-state index contributed by atoms with van der Waals surface area (Å²) >= 11 is 5.51. The minimum atomic E-state index is -0.879. The van der Waals surface area contributed by atoms with E-state index in [-0.39, 0.29) is 0 Å². The molecule has 0 amide bonds. The van der Waals surface area contributed by atoms with Crippen LogP contribution in [0.5, 0.6) is 0 Å². The van der Waals surface area contributed by atoms with Gasteiger partial charge in [0, 0.05) is 13.0 Å². The highest BCUT2D eigenvalue weighted by Crippen LogP contribution is 2.19. The summed E-state index contributed by atoms with van der Waals surface area (Å²) in [4.78, 5) is 0. The van der Waals surface area contributed by atoms with E-state index in [4.69, 9.17) is 16.3 Å². The van der Waals surface area contributed by atoms with Gasteiger partial charge in [-0.25, -0.2) is 0 Å². The van der Waals surface area contributed by atoms with Gasteiger partial charge < -0.3 is 14.9 Å². The zero-order valence-electron chi connectivity index (χ0n) is 9.27. The maximum atomic E-state index is 9.80. The Hall–Kier alpha value is -0.610. The van der Waals surface area contributed by atoms with E-state index in [2.05, 4.69) is 0 Å². The maximum absolute atomic E-state index is 9.80. The fourth-order valence-electron chi connectivity index (χ4n) is 1.47. The van der Waals surface area contributed by atoms with Gasteiger partial charge in [0.2, 0.25) is 0 Å². The minimum absolute atomic E-state index is 0.333. The van der Waals surface area contributed by atoms with Gasteiger partial charge >= 0.3 is 0 Å². The molecule has 0 saturated heterocycles. The van der Waals surface area contributed by atoms with E-state index < -0.39 is 12.2 Å². The summed E-state index contributed by atoms with van der Waals surface area (Å²) in [5.41, 5.74) is 1.72. The fraction of sp³-hybridized carbons (Fsp3) is 0.500. The van der Waals surface area contributed by atoms with Crippen LogP contribution in [0, 0.1) is 0 Å². The second-order valence-corrected chi connectivity index (χ2v) is 4.04. The van der Waals surface area contributed by atoms with Crippen molar-refractivity contribution in [3.8, 4) is 0 Å². The zero-order chi connectivity index (χ0) is 12.0. The number of aliphatic hydroxyl groups is 2. The molecule has 0 radical (unpaired) electrons. The summed E-state index contributed by atoms with van der Waals surface area (Å²) in [6.45, 7) is 0.542. The predicted octanol–water partition coefficient (Wildman–Crippen LogP) is 1.86. The molecule has 1 aromatic carbocycles. The average Bonchev–Trinajstić information content (AvgIpc) is 2.30. The van der Waals surface area contributed by atoms with Crippen LogP contribution in [0.1, 0.15) is 23.7 Å². The number of benzene rings is 1. The van der Waals surface area contributed by atoms with Gasteiger partial charge in [-0.15, -0.1) is 11.6 Å². The molecule has 1 rings (SSSR count). The maximum Gasteiger partial charge on any atom is 0.105 e. The third kappa shape index (κ3) is 3.76. The van der Waals surface area contributed by atoms with Gasteiger partial charge in [0.05, 0.1) is 12.7 Å². The molecule has 0 spiro atoms. The highest BCUT2D eigenvalue weighted by Gasteiger charge is 2.17. The van der Waals surface area contributed by atoms with Crippen LogP contribution in [0.15, 0.2) is 24.3 Å². The van der Waals surface area contributed by atoms with Crippen LogP contribution in [0.2, 0.25) is 0 Å². The van der Waals surface area contributed by atoms with E-state index in [0.717, 1.165) is 5.56 Å². The molecule has 90 valence electrons. The van der Waals surface area contributed by atoms with Gasteiger partial charge in [-0.05, 0) is 17.5 Å². The number of ether oxygens (including phenoxy) is 1. The molecule has 0 aliphatic heterocycles. The Morgan fingerprint density at radius 3 is 2.38 bits per heavy atom. The normalized spacial score (nSPS) is 14.8. The van der Waals surface area contributed by atoms with Crippen molar-refractivity contribution in [2.75, 3.05) is 13.0 Å². The SMILES string of the molecule is COCc1ccc(C(O)C(O)CCCl)cc1. The molecule has 0 aromatic heterocycles. The Morgan fingerprint density at radius 2 is 1.88 bits per heavy atom. The van der Waals surface area contributed by atoms with Crippen LogP contribution in [-0.4, -0.2) is 29.3 Å². The quantitative estimate of drug-likeness (QED) is 0.751. The van der Waals surface area contributed by atoms with E-state index in [1.165, 1.54) is 0 Å². The number of methoxy groups -OCH3 is 1. The van der Waals surface area contributed by atoms with Gasteiger partial charge in [-0.1, -0.05) is 24.3 Å². The van der Waals surface area contributed by atoms with Crippen molar-refractivity contribution in [2.24, 2.45) is 0 Å². The number of aliphatic hydroxyl groups excluding tert-OH is 2. The molecule has 0 aliphatic carbocycles. The summed E-state index contributed by atoms with van der Waals surface area (Å²) in [7, 11) is 1.63. The third-order valence-electron chi connectivity index (χ3n) is 2.40. The molecule has 0 aliphatic rings. The molecule has 2 atom stereocenters. The van der Waals surface area contributed by atoms with Crippen LogP contribution in [0.25, 0.3) is 0 Å². The Labute approximate surface area is 101 Å². The summed E-state index contributed by atoms with van der Waals surface area (Å²) in [5, 5.41) is 19.4. The average molecular weight is 245 g/mol. The van der Waals surface area contributed by atoms with Crippen molar-refractivity contribution in [3.05, 3.63) is 35.4 Å². The highest BCUT2D eigenvalue weighted by atomic mass is 35.5. The molecule has 0 bridgehead atoms. The highest BCUT2D eigenvalue weighted by molar-refractivity contribution is 6.17. The molecule has 0 heterocycles. The minimum Gasteiger partial charge on any atom is -0.390 e. The Balaban J connectivity index is 2.65. The molecule has 3 nitrogen and oxygen atoms in total. The lowest BCUT2D eigenvalue weighted by atomic mass is 10.0. The van der Waals surface area contributed by atoms with E-state index in [1.54, 1.807) is 19.2 Å². The first kappa shape index (κ1) is 13.5. The van der Waals surface area contributed by atoms with Crippen molar-refractivity contribution in [1.29, 1.82) is 0 Å². The first-order chi connectivity index (χ1) is 7.69. The van der Waals surface area contributed by atoms with Crippen molar-refractivity contribution < 1.29 is 14.9 Å². The number of halogens is 1. The standard InChI is InChI=1S/C12H17ClO3/c1-16-8-9-2-4-10(5-3-9)12(15)11(14)6-7-13/h2-5,11-12,14-15H,6-8H2,1H3. The molecule has 0 saturated carbocycles. The summed E-state index contributed by atoms with van der Waals surface area (Å²) in [6, 6.07) is 7.32. The number of alkyl halides is 1. The zero-order valence-corrected chi connectivity index (χ0v) is 10.0. The third-order valence-corrected chi connectivity index (χ3v) is 2.62. The second kappa shape index (κ2) is 6.86. The molecular formula is C12H17ClO3. The summed E-state index contributed by atoms with van der Waals surface area (Å²) in [6.07, 6.45) is -1.32. The van der Waals surface area contributed by atoms with Gasteiger partial charge in [-0.3, -0.25) is 0 Å². The smallest absolute Gasteiger partial charge is 0.105 e. The molecule has 0 fully saturated rings. The van der Waals surface area contributed by atoms with E-state index >= 15 is 0 Å². The molecular weight excluding hydrogens is 228 g/mol. The number of hydrogen-bond acceptors (Lipinski definition) is 3. The largest absolute Gasteiger partial charge is 0.390 e. The molecule has 16 heavy (non-hydrogen) atoms. The second-order valence-electron chi connectivity index (χ2n) is 3.66. The van der Waals surface area contributed by atoms with Crippen LogP contribution >= 0.6 is 11.6 Å².